The molecule has 0 atom stereocenters. The zero-order valence-corrected chi connectivity index (χ0v) is 12.6. The van der Waals surface area contributed by atoms with Crippen molar-refractivity contribution in [3.63, 3.8) is 0 Å². The van der Waals surface area contributed by atoms with Crippen LogP contribution in [0.2, 0.25) is 0 Å². The predicted molar refractivity (Wildman–Crippen MR) is 82.5 cm³/mol. The van der Waals surface area contributed by atoms with Crippen LogP contribution in [0.4, 0.5) is 0 Å². The standard InChI is InChI=1S/C16H20N2S/c1-12-7-13(2)9-14(8-12)11-19-16-15(10-17-3)5-4-6-18-16/h4-9,17H,10-11H2,1-3H3. The van der Waals surface area contributed by atoms with Gasteiger partial charge in [0, 0.05) is 18.5 Å². The lowest BCUT2D eigenvalue weighted by Gasteiger charge is -2.08. The molecule has 2 nitrogen and oxygen atoms in total. The summed E-state index contributed by atoms with van der Waals surface area (Å²) in [4.78, 5) is 4.48. The maximum atomic E-state index is 4.48. The van der Waals surface area contributed by atoms with Gasteiger partial charge >= 0.3 is 0 Å². The van der Waals surface area contributed by atoms with E-state index in [9.17, 15) is 0 Å². The molecule has 100 valence electrons. The number of benzene rings is 1. The van der Waals surface area contributed by atoms with Gasteiger partial charge in [-0.15, -0.1) is 11.8 Å². The predicted octanol–water partition coefficient (Wildman–Crippen LogP) is 3.71. The van der Waals surface area contributed by atoms with Crippen LogP contribution in [0.25, 0.3) is 0 Å². The summed E-state index contributed by atoms with van der Waals surface area (Å²) in [5.74, 6) is 0.968. The molecular formula is C16H20N2S. The van der Waals surface area contributed by atoms with Crippen LogP contribution in [0.15, 0.2) is 41.6 Å². The van der Waals surface area contributed by atoms with Gasteiger partial charge in [0.05, 0.1) is 0 Å². The fourth-order valence-corrected chi connectivity index (χ4v) is 3.11. The Hall–Kier alpha value is -1.32. The Labute approximate surface area is 119 Å². The lowest BCUT2D eigenvalue weighted by atomic mass is 10.1. The van der Waals surface area contributed by atoms with Crippen molar-refractivity contribution in [2.24, 2.45) is 0 Å². The molecule has 0 bridgehead atoms. The van der Waals surface area contributed by atoms with Crippen LogP contribution in [0.5, 0.6) is 0 Å². The summed E-state index contributed by atoms with van der Waals surface area (Å²) in [6, 6.07) is 10.8. The molecule has 0 amide bonds. The lowest BCUT2D eigenvalue weighted by Crippen LogP contribution is -2.06. The first-order valence-electron chi connectivity index (χ1n) is 6.47. The van der Waals surface area contributed by atoms with E-state index in [0.717, 1.165) is 17.3 Å². The Kier molecular flexibility index (Phi) is 5.00. The number of thioether (sulfide) groups is 1. The van der Waals surface area contributed by atoms with E-state index in [1.807, 2.05) is 19.3 Å². The zero-order valence-electron chi connectivity index (χ0n) is 11.7. The fourth-order valence-electron chi connectivity index (χ4n) is 2.18. The highest BCUT2D eigenvalue weighted by atomic mass is 32.2. The van der Waals surface area contributed by atoms with Gasteiger partial charge in [-0.25, -0.2) is 4.98 Å². The molecule has 0 aliphatic rings. The summed E-state index contributed by atoms with van der Waals surface area (Å²) >= 11 is 1.81. The Balaban J connectivity index is 2.09. The molecule has 1 aromatic heterocycles. The Morgan fingerprint density at radius 2 is 1.89 bits per heavy atom. The molecule has 1 N–H and O–H groups in total. The molecule has 0 unspecified atom stereocenters. The van der Waals surface area contributed by atoms with Crippen molar-refractivity contribution in [3.8, 4) is 0 Å². The molecule has 2 rings (SSSR count). The van der Waals surface area contributed by atoms with E-state index >= 15 is 0 Å². The number of pyridine rings is 1. The van der Waals surface area contributed by atoms with Crippen molar-refractivity contribution in [3.05, 3.63) is 58.8 Å². The topological polar surface area (TPSA) is 24.9 Å². The monoisotopic (exact) mass is 272 g/mol. The molecular weight excluding hydrogens is 252 g/mol. The van der Waals surface area contributed by atoms with Gasteiger partial charge in [0.2, 0.25) is 0 Å². The molecule has 0 aliphatic carbocycles. The van der Waals surface area contributed by atoms with Crippen LogP contribution < -0.4 is 5.32 Å². The summed E-state index contributed by atoms with van der Waals surface area (Å²) in [6.45, 7) is 5.16. The van der Waals surface area contributed by atoms with Gasteiger partial charge in [-0.05, 0) is 38.1 Å². The molecule has 0 aliphatic heterocycles. The largest absolute Gasteiger partial charge is 0.316 e. The van der Waals surface area contributed by atoms with Crippen molar-refractivity contribution in [1.29, 1.82) is 0 Å². The number of nitrogens with one attached hydrogen (secondary N) is 1. The average Bonchev–Trinajstić information content (AvgIpc) is 2.37. The smallest absolute Gasteiger partial charge is 0.101 e. The van der Waals surface area contributed by atoms with Gasteiger partial charge in [-0.1, -0.05) is 35.4 Å². The van der Waals surface area contributed by atoms with Crippen LogP contribution in [-0.2, 0) is 12.3 Å². The normalized spacial score (nSPS) is 10.7. The summed E-state index contributed by atoms with van der Waals surface area (Å²) < 4.78 is 0. The molecule has 1 heterocycles. The highest BCUT2D eigenvalue weighted by molar-refractivity contribution is 7.98. The molecule has 0 saturated heterocycles. The zero-order chi connectivity index (χ0) is 13.7. The van der Waals surface area contributed by atoms with E-state index in [-0.39, 0.29) is 0 Å². The molecule has 0 radical (unpaired) electrons. The highest BCUT2D eigenvalue weighted by Gasteiger charge is 2.04. The van der Waals surface area contributed by atoms with E-state index in [1.54, 1.807) is 11.8 Å². The molecule has 2 aromatic rings. The van der Waals surface area contributed by atoms with Crippen LogP contribution in [-0.4, -0.2) is 12.0 Å². The number of aryl methyl sites for hydroxylation is 2. The summed E-state index contributed by atoms with van der Waals surface area (Å²) in [7, 11) is 1.96. The molecule has 0 saturated carbocycles. The van der Waals surface area contributed by atoms with E-state index in [0.29, 0.717) is 0 Å². The van der Waals surface area contributed by atoms with Crippen LogP contribution in [0, 0.1) is 13.8 Å². The minimum atomic E-state index is 0.864. The van der Waals surface area contributed by atoms with Crippen molar-refractivity contribution in [1.82, 2.24) is 10.3 Å². The SMILES string of the molecule is CNCc1cccnc1SCc1cc(C)cc(C)c1. The maximum absolute atomic E-state index is 4.48. The van der Waals surface area contributed by atoms with Crippen LogP contribution in [0.3, 0.4) is 0 Å². The maximum Gasteiger partial charge on any atom is 0.101 e. The summed E-state index contributed by atoms with van der Waals surface area (Å²) in [6.07, 6.45) is 1.86. The van der Waals surface area contributed by atoms with E-state index < -0.39 is 0 Å². The van der Waals surface area contributed by atoms with E-state index in [4.69, 9.17) is 0 Å². The second-order valence-electron chi connectivity index (χ2n) is 4.78. The van der Waals surface area contributed by atoms with Crippen molar-refractivity contribution in [2.75, 3.05) is 7.05 Å². The highest BCUT2D eigenvalue weighted by Crippen LogP contribution is 2.25. The van der Waals surface area contributed by atoms with Gasteiger partial charge in [0.25, 0.3) is 0 Å². The van der Waals surface area contributed by atoms with Gasteiger partial charge in [0.15, 0.2) is 0 Å². The molecule has 0 fully saturated rings. The van der Waals surface area contributed by atoms with Gasteiger partial charge in [0.1, 0.15) is 5.03 Å². The third-order valence-corrected chi connectivity index (χ3v) is 3.99. The molecule has 0 spiro atoms. The van der Waals surface area contributed by atoms with Gasteiger partial charge < -0.3 is 5.32 Å². The van der Waals surface area contributed by atoms with Crippen LogP contribution >= 0.6 is 11.8 Å². The number of hydrogen-bond acceptors (Lipinski definition) is 3. The Morgan fingerprint density at radius 3 is 2.58 bits per heavy atom. The number of nitrogens with zero attached hydrogens (tertiary/aromatic N) is 1. The average molecular weight is 272 g/mol. The third kappa shape index (κ3) is 4.08. The fraction of sp³-hybridized carbons (Fsp3) is 0.312. The molecule has 1 aromatic carbocycles. The lowest BCUT2D eigenvalue weighted by molar-refractivity contribution is 0.789. The van der Waals surface area contributed by atoms with Crippen LogP contribution in [0.1, 0.15) is 22.3 Å². The second kappa shape index (κ2) is 6.73. The Bertz CT molecular complexity index is 532. The first-order chi connectivity index (χ1) is 9.19. The van der Waals surface area contributed by atoms with Gasteiger partial charge in [-0.2, -0.15) is 0 Å². The summed E-state index contributed by atoms with van der Waals surface area (Å²) in [5, 5.41) is 4.31. The van der Waals surface area contributed by atoms with Gasteiger partial charge in [-0.3, -0.25) is 0 Å². The number of rotatable bonds is 5. The first-order valence-corrected chi connectivity index (χ1v) is 7.46. The second-order valence-corrected chi connectivity index (χ2v) is 5.75. The molecule has 19 heavy (non-hydrogen) atoms. The Morgan fingerprint density at radius 1 is 1.16 bits per heavy atom. The summed E-state index contributed by atoms with van der Waals surface area (Å²) in [5.41, 5.74) is 5.28. The van der Waals surface area contributed by atoms with Crippen molar-refractivity contribution in [2.45, 2.75) is 31.2 Å². The minimum Gasteiger partial charge on any atom is -0.316 e. The number of hydrogen-bond donors (Lipinski definition) is 1. The number of aromatic nitrogens is 1. The van der Waals surface area contributed by atoms with Crippen molar-refractivity contribution >= 4 is 11.8 Å². The quantitative estimate of drug-likeness (QED) is 0.840. The van der Waals surface area contributed by atoms with Crippen molar-refractivity contribution < 1.29 is 0 Å². The minimum absolute atomic E-state index is 0.864. The molecule has 3 heteroatoms. The first kappa shape index (κ1) is 14.1. The van der Waals surface area contributed by atoms with E-state index in [1.165, 1.54) is 22.3 Å². The third-order valence-electron chi connectivity index (χ3n) is 2.87. The van der Waals surface area contributed by atoms with E-state index in [2.05, 4.69) is 48.4 Å².